The van der Waals surface area contributed by atoms with Crippen molar-refractivity contribution in [3.63, 3.8) is 0 Å². The molecule has 29 heavy (non-hydrogen) atoms. The van der Waals surface area contributed by atoms with E-state index in [1.165, 1.54) is 17.9 Å². The predicted molar refractivity (Wildman–Crippen MR) is 107 cm³/mol. The third-order valence-electron chi connectivity index (χ3n) is 3.54. The van der Waals surface area contributed by atoms with Crippen molar-refractivity contribution in [2.45, 2.75) is 17.7 Å². The molecule has 0 atom stereocenters. The maximum absolute atomic E-state index is 12.6. The first-order valence-electron chi connectivity index (χ1n) is 8.05. The monoisotopic (exact) mass is 468 g/mol. The van der Waals surface area contributed by atoms with Crippen LogP contribution < -0.4 is 5.56 Å². The van der Waals surface area contributed by atoms with E-state index in [1.54, 1.807) is 0 Å². The molecule has 0 aliphatic rings. The summed E-state index contributed by atoms with van der Waals surface area (Å²) in [7, 11) is 1.49. The second kappa shape index (κ2) is 10.2. The van der Waals surface area contributed by atoms with E-state index in [4.69, 9.17) is 28.6 Å². The first-order valence-corrected chi connectivity index (χ1v) is 9.82. The molecule has 0 saturated carbocycles. The molecule has 0 amide bonds. The van der Waals surface area contributed by atoms with Crippen molar-refractivity contribution in [3.8, 4) is 5.88 Å². The molecule has 2 heterocycles. The molecule has 2 N–H and O–H groups in total. The molecule has 0 saturated heterocycles. The van der Waals surface area contributed by atoms with E-state index < -0.39 is 17.3 Å². The lowest BCUT2D eigenvalue weighted by molar-refractivity contribution is -0.137. The Balaban J connectivity index is 2.03. The summed E-state index contributed by atoms with van der Waals surface area (Å²) in [6, 6.07) is 0.812. The summed E-state index contributed by atoms with van der Waals surface area (Å²) in [6.07, 6.45) is -2.60. The first-order chi connectivity index (χ1) is 13.6. The van der Waals surface area contributed by atoms with E-state index in [9.17, 15) is 23.1 Å². The number of hydrogen-bond donors (Lipinski definition) is 2. The van der Waals surface area contributed by atoms with Crippen molar-refractivity contribution >= 4 is 41.8 Å². The normalized spacial score (nSPS) is 12.0. The van der Waals surface area contributed by atoms with Gasteiger partial charge in [-0.15, -0.1) is 11.8 Å². The van der Waals surface area contributed by atoms with Gasteiger partial charge < -0.3 is 9.84 Å². The molecule has 13 heteroatoms. The molecule has 7 nitrogen and oxygen atoms in total. The molecule has 158 valence electrons. The Bertz CT molecular complexity index is 1010. The van der Waals surface area contributed by atoms with E-state index in [1.807, 2.05) is 0 Å². The average molecular weight is 469 g/mol. The van der Waals surface area contributed by atoms with Crippen LogP contribution in [0, 0.1) is 4.77 Å². The van der Waals surface area contributed by atoms with Crippen LogP contribution >= 0.6 is 35.6 Å². The van der Waals surface area contributed by atoms with Gasteiger partial charge in [-0.2, -0.15) is 13.2 Å². The Morgan fingerprint density at radius 3 is 2.86 bits per heavy atom. The Labute approximate surface area is 177 Å². The summed E-state index contributed by atoms with van der Waals surface area (Å²) in [4.78, 5) is 22.2. The number of halogens is 4. The second-order valence-electron chi connectivity index (χ2n) is 5.53. The zero-order valence-corrected chi connectivity index (χ0v) is 17.4. The summed E-state index contributed by atoms with van der Waals surface area (Å²) >= 11 is 12.0. The fourth-order valence-corrected chi connectivity index (χ4v) is 3.43. The van der Waals surface area contributed by atoms with E-state index in [0.717, 1.165) is 17.8 Å². The van der Waals surface area contributed by atoms with Crippen molar-refractivity contribution in [2.75, 3.05) is 26.0 Å². The first kappa shape index (κ1) is 23.4. The van der Waals surface area contributed by atoms with E-state index in [0.29, 0.717) is 11.9 Å². The Morgan fingerprint density at radius 1 is 1.52 bits per heavy atom. The molecule has 2 aromatic heterocycles. The van der Waals surface area contributed by atoms with Gasteiger partial charge in [-0.25, -0.2) is 4.98 Å². The number of aromatic nitrogens is 3. The quantitative estimate of drug-likeness (QED) is 0.266. The minimum absolute atomic E-state index is 0.0558. The van der Waals surface area contributed by atoms with Gasteiger partial charge in [-0.3, -0.25) is 19.3 Å². The number of pyridine rings is 1. The van der Waals surface area contributed by atoms with Crippen molar-refractivity contribution in [1.29, 1.82) is 0 Å². The van der Waals surface area contributed by atoms with Gasteiger partial charge in [0.2, 0.25) is 5.88 Å². The minimum atomic E-state index is -4.51. The van der Waals surface area contributed by atoms with Crippen LogP contribution in [0.2, 0.25) is 5.02 Å². The zero-order chi connectivity index (χ0) is 21.6. The van der Waals surface area contributed by atoms with Gasteiger partial charge in [-0.05, 0) is 18.3 Å². The SMILES string of the molecule is COCCn1c(O)c(C=NCCSc2ncc(C(F)(F)F)cc2Cl)c(=O)[nH]c1=S. The van der Waals surface area contributed by atoms with E-state index in [-0.39, 0.29) is 46.0 Å². The van der Waals surface area contributed by atoms with Gasteiger partial charge in [0.15, 0.2) is 4.77 Å². The molecule has 0 aromatic carbocycles. The van der Waals surface area contributed by atoms with Gasteiger partial charge in [0, 0.05) is 31.8 Å². The third-order valence-corrected chi connectivity index (χ3v) is 5.25. The second-order valence-corrected chi connectivity index (χ2v) is 7.41. The Hall–Kier alpha value is -1.89. The lowest BCUT2D eigenvalue weighted by atomic mass is 10.3. The smallest absolute Gasteiger partial charge is 0.417 e. The highest BCUT2D eigenvalue weighted by Gasteiger charge is 2.31. The number of methoxy groups -OCH3 is 1. The van der Waals surface area contributed by atoms with E-state index >= 15 is 0 Å². The van der Waals surface area contributed by atoms with Gasteiger partial charge in [0.05, 0.1) is 23.7 Å². The number of aliphatic imine (C=N–C) groups is 1. The standard InChI is InChI=1S/C16H16ClF3N4O3S2/c1-27-4-3-24-14(26)10(12(25)23-15(24)28)8-21-2-5-29-13-11(17)6-9(7-22-13)16(18,19)20/h6-8,26H,2-5H2,1H3,(H,23,25,28). The van der Waals surface area contributed by atoms with Crippen molar-refractivity contribution in [3.05, 3.63) is 43.5 Å². The molecule has 0 aliphatic carbocycles. The molecule has 2 rings (SSSR count). The predicted octanol–water partition coefficient (Wildman–Crippen LogP) is 3.54. The van der Waals surface area contributed by atoms with Crippen LogP contribution in [0.3, 0.4) is 0 Å². The number of nitrogens with one attached hydrogen (secondary N) is 1. The van der Waals surface area contributed by atoms with Crippen molar-refractivity contribution < 1.29 is 23.0 Å². The maximum Gasteiger partial charge on any atom is 0.417 e. The zero-order valence-electron chi connectivity index (χ0n) is 15.0. The highest BCUT2D eigenvalue weighted by Crippen LogP contribution is 2.33. The topological polar surface area (TPSA) is 92.5 Å². The van der Waals surface area contributed by atoms with Crippen molar-refractivity contribution in [2.24, 2.45) is 4.99 Å². The van der Waals surface area contributed by atoms with Gasteiger partial charge in [0.1, 0.15) is 10.6 Å². The molecule has 2 aromatic rings. The molecule has 0 bridgehead atoms. The highest BCUT2D eigenvalue weighted by molar-refractivity contribution is 7.99. The van der Waals surface area contributed by atoms with Crippen LogP contribution in [0.15, 0.2) is 27.1 Å². The van der Waals surface area contributed by atoms with Crippen LogP contribution in [-0.2, 0) is 17.5 Å². The van der Waals surface area contributed by atoms with Crippen LogP contribution in [0.4, 0.5) is 13.2 Å². The van der Waals surface area contributed by atoms with Gasteiger partial charge in [0.25, 0.3) is 5.56 Å². The summed E-state index contributed by atoms with van der Waals surface area (Å²) in [5.74, 6) is 0.00965. The number of alkyl halides is 3. The van der Waals surface area contributed by atoms with Gasteiger partial charge >= 0.3 is 6.18 Å². The highest BCUT2D eigenvalue weighted by atomic mass is 35.5. The fourth-order valence-electron chi connectivity index (χ4n) is 2.12. The van der Waals surface area contributed by atoms with E-state index in [2.05, 4.69) is 15.0 Å². The van der Waals surface area contributed by atoms with Crippen LogP contribution in [0.1, 0.15) is 11.1 Å². The molecule has 0 fully saturated rings. The maximum atomic E-state index is 12.6. The number of thioether (sulfide) groups is 1. The molecular formula is C16H16ClF3N4O3S2. The third kappa shape index (κ3) is 6.29. The number of aromatic hydroxyl groups is 1. The molecular weight excluding hydrogens is 453 g/mol. The number of rotatable bonds is 8. The Morgan fingerprint density at radius 2 is 2.24 bits per heavy atom. The molecule has 0 spiro atoms. The van der Waals surface area contributed by atoms with Gasteiger partial charge in [-0.1, -0.05) is 11.6 Å². The van der Waals surface area contributed by atoms with Crippen LogP contribution in [0.25, 0.3) is 0 Å². The molecule has 0 unspecified atom stereocenters. The number of ether oxygens (including phenoxy) is 1. The number of H-pyrrole nitrogens is 1. The fraction of sp³-hybridized carbons (Fsp3) is 0.375. The number of nitrogens with zero attached hydrogens (tertiary/aromatic N) is 3. The van der Waals surface area contributed by atoms with Crippen molar-refractivity contribution in [1.82, 2.24) is 14.5 Å². The summed E-state index contributed by atoms with van der Waals surface area (Å²) in [5, 5.41) is 10.4. The summed E-state index contributed by atoms with van der Waals surface area (Å²) in [5.41, 5.74) is -1.58. The number of hydrogen-bond acceptors (Lipinski definition) is 7. The lowest BCUT2D eigenvalue weighted by Gasteiger charge is -2.10. The summed E-state index contributed by atoms with van der Waals surface area (Å²) < 4.78 is 44.1. The lowest BCUT2D eigenvalue weighted by Crippen LogP contribution is -2.20. The molecule has 0 radical (unpaired) electrons. The Kier molecular flexibility index (Phi) is 8.25. The summed E-state index contributed by atoms with van der Waals surface area (Å²) in [6.45, 7) is 0.727. The largest absolute Gasteiger partial charge is 0.494 e. The van der Waals surface area contributed by atoms with Crippen LogP contribution in [0.5, 0.6) is 5.88 Å². The van der Waals surface area contributed by atoms with Crippen LogP contribution in [-0.4, -0.2) is 51.9 Å². The average Bonchev–Trinajstić information content (AvgIpc) is 2.63. The number of aromatic amines is 1. The molecule has 0 aliphatic heterocycles. The minimum Gasteiger partial charge on any atom is -0.494 e.